The SMILES string of the molecule is O=C(O)CN1CCN(CC(=O)O)CCN(C(COCc2ccccc2)C(=O)NC(CCCO)(CCCO)CCCO)CCN(CC(=O)O)CC1. The molecule has 1 aliphatic heterocycles. The minimum Gasteiger partial charge on any atom is -0.480 e. The number of ether oxygens (including phenoxy) is 1. The topological polar surface area (TPSA) is 224 Å². The number of carboxylic acids is 3. The molecule has 0 radical (unpaired) electrons. The van der Waals surface area contributed by atoms with E-state index in [-0.39, 0.29) is 111 Å². The Morgan fingerprint density at radius 3 is 1.44 bits per heavy atom. The summed E-state index contributed by atoms with van der Waals surface area (Å²) in [5.41, 5.74) is 0.0722. The van der Waals surface area contributed by atoms with Gasteiger partial charge in [0.1, 0.15) is 6.04 Å². The largest absolute Gasteiger partial charge is 0.480 e. The molecule has 1 atom stereocenters. The molecule has 0 spiro atoms. The van der Waals surface area contributed by atoms with Crippen molar-refractivity contribution in [2.45, 2.75) is 56.7 Å². The lowest BCUT2D eigenvalue weighted by Crippen LogP contribution is -2.59. The number of hydrogen-bond acceptors (Lipinski definition) is 12. The van der Waals surface area contributed by atoms with Gasteiger partial charge in [0.05, 0.1) is 32.8 Å². The van der Waals surface area contributed by atoms with Gasteiger partial charge >= 0.3 is 17.9 Å². The first-order valence-electron chi connectivity index (χ1n) is 17.3. The summed E-state index contributed by atoms with van der Waals surface area (Å²) in [6.07, 6.45) is 2.42. The second-order valence-corrected chi connectivity index (χ2v) is 12.8. The maximum atomic E-state index is 14.4. The van der Waals surface area contributed by atoms with Crippen LogP contribution in [0.25, 0.3) is 0 Å². The van der Waals surface area contributed by atoms with Crippen molar-refractivity contribution < 1.29 is 54.6 Å². The molecule has 7 N–H and O–H groups in total. The van der Waals surface area contributed by atoms with Crippen LogP contribution in [-0.2, 0) is 30.5 Å². The number of hydrogen-bond donors (Lipinski definition) is 7. The van der Waals surface area contributed by atoms with E-state index in [4.69, 9.17) is 4.74 Å². The molecule has 1 aliphatic rings. The molecule has 50 heavy (non-hydrogen) atoms. The van der Waals surface area contributed by atoms with Crippen molar-refractivity contribution in [3.63, 3.8) is 0 Å². The average molecular weight is 712 g/mol. The number of benzene rings is 1. The van der Waals surface area contributed by atoms with E-state index < -0.39 is 29.5 Å². The van der Waals surface area contributed by atoms with E-state index in [0.29, 0.717) is 38.5 Å². The summed E-state index contributed by atoms with van der Waals surface area (Å²) >= 11 is 0. The van der Waals surface area contributed by atoms with Gasteiger partial charge in [-0.3, -0.25) is 38.8 Å². The Morgan fingerprint density at radius 2 is 1.06 bits per heavy atom. The van der Waals surface area contributed by atoms with Crippen LogP contribution < -0.4 is 5.32 Å². The molecular formula is C34H57N5O11. The van der Waals surface area contributed by atoms with Gasteiger partial charge in [0.2, 0.25) is 5.91 Å². The van der Waals surface area contributed by atoms with Gasteiger partial charge in [0, 0.05) is 77.7 Å². The number of carbonyl (C=O) groups excluding carboxylic acids is 1. The molecular weight excluding hydrogens is 654 g/mol. The number of carboxylic acid groups (broad SMARTS) is 3. The Balaban J connectivity index is 2.48. The van der Waals surface area contributed by atoms with Crippen LogP contribution in [0.3, 0.4) is 0 Å². The summed E-state index contributed by atoms with van der Waals surface area (Å²) in [6, 6.07) is 8.55. The van der Waals surface area contributed by atoms with Gasteiger partial charge in [0.15, 0.2) is 0 Å². The summed E-state index contributed by atoms with van der Waals surface area (Å²) in [6.45, 7) is 0.840. The number of carbonyl (C=O) groups is 4. The van der Waals surface area contributed by atoms with Crippen LogP contribution in [0, 0.1) is 0 Å². The number of nitrogens with zero attached hydrogens (tertiary/aromatic N) is 4. The van der Waals surface area contributed by atoms with Crippen LogP contribution in [0.2, 0.25) is 0 Å². The van der Waals surface area contributed by atoms with E-state index in [9.17, 15) is 49.8 Å². The highest BCUT2D eigenvalue weighted by Crippen LogP contribution is 2.26. The molecule has 1 heterocycles. The molecule has 1 amide bonds. The molecule has 1 aromatic rings. The summed E-state index contributed by atoms with van der Waals surface area (Å²) in [7, 11) is 0. The summed E-state index contributed by atoms with van der Waals surface area (Å²) in [5, 5.41) is 61.0. The molecule has 0 aliphatic carbocycles. The van der Waals surface area contributed by atoms with E-state index in [1.165, 1.54) is 0 Å². The molecule has 1 saturated heterocycles. The highest BCUT2D eigenvalue weighted by atomic mass is 16.5. The van der Waals surface area contributed by atoms with Crippen LogP contribution in [0.15, 0.2) is 30.3 Å². The molecule has 0 aromatic heterocycles. The Kier molecular flexibility index (Phi) is 20.7. The normalized spacial score (nSPS) is 17.0. The maximum Gasteiger partial charge on any atom is 0.317 e. The van der Waals surface area contributed by atoms with Crippen molar-refractivity contribution in [2.24, 2.45) is 0 Å². The van der Waals surface area contributed by atoms with Crippen molar-refractivity contribution >= 4 is 23.8 Å². The fraction of sp³-hybridized carbons (Fsp3) is 0.706. The first-order valence-corrected chi connectivity index (χ1v) is 17.3. The molecule has 16 heteroatoms. The van der Waals surface area contributed by atoms with Crippen molar-refractivity contribution in [1.29, 1.82) is 0 Å². The third-order valence-electron chi connectivity index (χ3n) is 8.91. The predicted molar refractivity (Wildman–Crippen MR) is 184 cm³/mol. The number of aliphatic carboxylic acids is 3. The number of rotatable bonds is 22. The van der Waals surface area contributed by atoms with E-state index >= 15 is 0 Å². The van der Waals surface area contributed by atoms with E-state index in [0.717, 1.165) is 5.56 Å². The van der Waals surface area contributed by atoms with Gasteiger partial charge < -0.3 is 40.7 Å². The molecule has 1 unspecified atom stereocenters. The van der Waals surface area contributed by atoms with Gasteiger partial charge in [0.25, 0.3) is 0 Å². The molecule has 0 bridgehead atoms. The summed E-state index contributed by atoms with van der Waals surface area (Å²) in [5.74, 6) is -3.53. The van der Waals surface area contributed by atoms with E-state index in [1.807, 2.05) is 35.2 Å². The van der Waals surface area contributed by atoms with Crippen LogP contribution in [0.5, 0.6) is 0 Å². The molecule has 0 saturated carbocycles. The van der Waals surface area contributed by atoms with Gasteiger partial charge in [-0.25, -0.2) is 0 Å². The van der Waals surface area contributed by atoms with E-state index in [1.54, 1.807) is 14.7 Å². The summed E-state index contributed by atoms with van der Waals surface area (Å²) in [4.78, 5) is 56.5. The fourth-order valence-electron chi connectivity index (χ4n) is 6.28. The number of amides is 1. The monoisotopic (exact) mass is 711 g/mol. The van der Waals surface area contributed by atoms with Gasteiger partial charge in [-0.05, 0) is 44.1 Å². The van der Waals surface area contributed by atoms with Gasteiger partial charge in [-0.1, -0.05) is 30.3 Å². The maximum absolute atomic E-state index is 14.4. The van der Waals surface area contributed by atoms with Crippen molar-refractivity contribution in [3.8, 4) is 0 Å². The first-order chi connectivity index (χ1) is 24.0. The zero-order valence-corrected chi connectivity index (χ0v) is 29.0. The van der Waals surface area contributed by atoms with Crippen LogP contribution >= 0.6 is 0 Å². The minimum absolute atomic E-state index is 0.0406. The highest BCUT2D eigenvalue weighted by molar-refractivity contribution is 5.82. The van der Waals surface area contributed by atoms with Crippen molar-refractivity contribution in [1.82, 2.24) is 24.9 Å². The van der Waals surface area contributed by atoms with E-state index in [2.05, 4.69) is 5.32 Å². The Bertz CT molecular complexity index is 1090. The standard InChI is InChI=1S/C34H57N5O11/c40-20-4-9-34(10-5-21-41,11-6-22-42)35-33(49)29(27-50-26-28-7-2-1-3-8-28)39-18-16-37(24-31(45)46)14-12-36(23-30(43)44)13-15-38(17-19-39)25-32(47)48/h1-3,7-8,29,40-42H,4-6,9-27H2,(H,35,49)(H,43,44)(H,45,46)(H,47,48). The third-order valence-corrected chi connectivity index (χ3v) is 8.91. The van der Waals surface area contributed by atoms with Crippen LogP contribution in [0.4, 0.5) is 0 Å². The molecule has 16 nitrogen and oxygen atoms in total. The fourth-order valence-corrected chi connectivity index (χ4v) is 6.28. The third kappa shape index (κ3) is 17.1. The van der Waals surface area contributed by atoms with Crippen LogP contribution in [-0.4, -0.2) is 184 Å². The minimum atomic E-state index is -1.05. The second kappa shape index (κ2) is 24.1. The number of aliphatic hydroxyl groups excluding tert-OH is 3. The van der Waals surface area contributed by atoms with Crippen molar-refractivity contribution in [3.05, 3.63) is 35.9 Å². The lowest BCUT2D eigenvalue weighted by atomic mass is 9.83. The molecule has 1 fully saturated rings. The number of aliphatic hydroxyl groups is 3. The molecule has 2 rings (SSSR count). The lowest BCUT2D eigenvalue weighted by Gasteiger charge is -2.40. The van der Waals surface area contributed by atoms with Crippen LogP contribution in [0.1, 0.15) is 44.1 Å². The zero-order valence-electron chi connectivity index (χ0n) is 29.0. The summed E-state index contributed by atoms with van der Waals surface area (Å²) < 4.78 is 6.12. The Morgan fingerprint density at radius 1 is 0.660 bits per heavy atom. The Labute approximate surface area is 294 Å². The quantitative estimate of drug-likeness (QED) is 0.0784. The van der Waals surface area contributed by atoms with Gasteiger partial charge in [-0.15, -0.1) is 0 Å². The lowest BCUT2D eigenvalue weighted by molar-refractivity contribution is -0.141. The highest BCUT2D eigenvalue weighted by Gasteiger charge is 2.36. The molecule has 284 valence electrons. The Hall–Kier alpha value is -3.22. The smallest absolute Gasteiger partial charge is 0.317 e. The zero-order chi connectivity index (χ0) is 36.8. The number of nitrogens with one attached hydrogen (secondary N) is 1. The molecule has 1 aromatic carbocycles. The van der Waals surface area contributed by atoms with Gasteiger partial charge in [-0.2, -0.15) is 0 Å². The second-order valence-electron chi connectivity index (χ2n) is 12.8. The van der Waals surface area contributed by atoms with Crippen molar-refractivity contribution in [2.75, 3.05) is 98.4 Å². The predicted octanol–water partition coefficient (Wildman–Crippen LogP) is -0.780. The average Bonchev–Trinajstić information content (AvgIpc) is 3.07. The first kappa shape index (κ1) is 42.9.